The summed E-state index contributed by atoms with van der Waals surface area (Å²) >= 11 is 0. The van der Waals surface area contributed by atoms with Gasteiger partial charge in [0.25, 0.3) is 0 Å². The second-order valence-electron chi connectivity index (χ2n) is 15.5. The van der Waals surface area contributed by atoms with E-state index in [9.17, 15) is 0 Å². The first kappa shape index (κ1) is 30.3. The molecule has 1 aromatic heterocycles. The minimum atomic E-state index is 0.932. The molecular formula is C43H51B2N. The summed E-state index contributed by atoms with van der Waals surface area (Å²) in [6.07, 6.45) is 24.7. The Hall–Kier alpha value is -3.06. The molecule has 0 radical (unpaired) electrons. The number of aryl methyl sites for hydroxylation is 2. The highest BCUT2D eigenvalue weighted by molar-refractivity contribution is 6.63. The molecule has 0 spiro atoms. The van der Waals surface area contributed by atoms with Gasteiger partial charge in [0.15, 0.2) is 0 Å². The molecule has 3 aromatic carbocycles. The van der Waals surface area contributed by atoms with Crippen LogP contribution < -0.4 is 0 Å². The van der Waals surface area contributed by atoms with Gasteiger partial charge in [-0.1, -0.05) is 168 Å². The third-order valence-corrected chi connectivity index (χ3v) is 13.1. The van der Waals surface area contributed by atoms with Gasteiger partial charge in [-0.25, -0.2) is 0 Å². The van der Waals surface area contributed by atoms with Crippen molar-refractivity contribution >= 4 is 13.4 Å². The fraction of sp³-hybridized carbons (Fsp3) is 0.465. The lowest BCUT2D eigenvalue weighted by atomic mass is 9.25. The van der Waals surface area contributed by atoms with E-state index in [1.807, 2.05) is 12.3 Å². The molecular weight excluding hydrogens is 552 g/mol. The van der Waals surface area contributed by atoms with E-state index in [-0.39, 0.29) is 0 Å². The molecule has 1 nitrogen and oxygen atoms in total. The zero-order valence-electron chi connectivity index (χ0n) is 27.9. The summed E-state index contributed by atoms with van der Waals surface area (Å²) in [5.74, 6) is 3.90. The number of rotatable bonds is 9. The van der Waals surface area contributed by atoms with Crippen LogP contribution in [0, 0.1) is 0 Å². The molecule has 4 bridgehead atoms. The van der Waals surface area contributed by atoms with Gasteiger partial charge in [0, 0.05) is 11.8 Å². The van der Waals surface area contributed by atoms with Crippen LogP contribution in [0.4, 0.5) is 0 Å². The number of fused-ring (bicyclic) bond motifs is 4. The van der Waals surface area contributed by atoms with Crippen molar-refractivity contribution in [1.82, 2.24) is 4.98 Å². The highest BCUT2D eigenvalue weighted by Crippen LogP contribution is 2.49. The molecule has 8 rings (SSSR count). The Morgan fingerprint density at radius 2 is 0.891 bits per heavy atom. The molecule has 4 aliphatic rings. The van der Waals surface area contributed by atoms with Gasteiger partial charge in [0.1, 0.15) is 13.4 Å². The van der Waals surface area contributed by atoms with Crippen LogP contribution in [-0.2, 0) is 12.8 Å². The van der Waals surface area contributed by atoms with E-state index in [1.54, 1.807) is 0 Å². The zero-order chi connectivity index (χ0) is 30.7. The lowest BCUT2D eigenvalue weighted by molar-refractivity contribution is 0.441. The van der Waals surface area contributed by atoms with Gasteiger partial charge in [0.05, 0.1) is 5.69 Å². The average Bonchev–Trinajstić information content (AvgIpc) is 3.10. The Bertz CT molecular complexity index is 1470. The van der Waals surface area contributed by atoms with Crippen LogP contribution in [0.15, 0.2) is 91.1 Å². The Morgan fingerprint density at radius 1 is 0.478 bits per heavy atom. The molecule has 234 valence electrons. The average molecular weight is 604 g/mol. The summed E-state index contributed by atoms with van der Waals surface area (Å²) in [7, 11) is 0. The molecule has 46 heavy (non-hydrogen) atoms. The normalized spacial score (nSPS) is 24.2. The molecule has 0 atom stereocenters. The van der Waals surface area contributed by atoms with Gasteiger partial charge in [-0.15, -0.1) is 0 Å². The molecule has 0 aliphatic carbocycles. The largest absolute Gasteiger partial charge is 0.256 e. The number of hydrogen-bond donors (Lipinski definition) is 0. The summed E-state index contributed by atoms with van der Waals surface area (Å²) < 4.78 is 0. The summed E-state index contributed by atoms with van der Waals surface area (Å²) in [6, 6.07) is 32.2. The quantitative estimate of drug-likeness (QED) is 0.174. The van der Waals surface area contributed by atoms with Gasteiger partial charge >= 0.3 is 0 Å². The predicted molar refractivity (Wildman–Crippen MR) is 199 cm³/mol. The van der Waals surface area contributed by atoms with E-state index in [2.05, 4.69) is 78.9 Å². The van der Waals surface area contributed by atoms with Crippen LogP contribution >= 0.6 is 0 Å². The van der Waals surface area contributed by atoms with Gasteiger partial charge in [0.2, 0.25) is 0 Å². The van der Waals surface area contributed by atoms with E-state index in [0.29, 0.717) is 0 Å². The first-order valence-electron chi connectivity index (χ1n) is 19.0. The third-order valence-electron chi connectivity index (χ3n) is 13.1. The minimum Gasteiger partial charge on any atom is -0.256 e. The topological polar surface area (TPSA) is 12.9 Å². The fourth-order valence-electron chi connectivity index (χ4n) is 10.9. The highest BCUT2D eigenvalue weighted by atomic mass is 14.7. The summed E-state index contributed by atoms with van der Waals surface area (Å²) in [5.41, 5.74) is 10.8. The van der Waals surface area contributed by atoms with Gasteiger partial charge < -0.3 is 0 Å². The smallest absolute Gasteiger partial charge is 0.146 e. The van der Waals surface area contributed by atoms with Crippen molar-refractivity contribution < 1.29 is 0 Å². The Labute approximate surface area is 279 Å². The lowest BCUT2D eigenvalue weighted by Gasteiger charge is -2.40. The van der Waals surface area contributed by atoms with E-state index in [1.165, 1.54) is 141 Å². The molecule has 0 unspecified atom stereocenters. The van der Waals surface area contributed by atoms with Crippen LogP contribution in [0.2, 0.25) is 35.9 Å². The Morgan fingerprint density at radius 3 is 1.33 bits per heavy atom. The monoisotopic (exact) mass is 603 g/mol. The maximum Gasteiger partial charge on any atom is 0.146 e. The molecule has 4 fully saturated rings. The van der Waals surface area contributed by atoms with Crippen molar-refractivity contribution in [1.29, 1.82) is 0 Å². The molecule has 4 aliphatic heterocycles. The molecule has 0 amide bonds. The molecule has 4 saturated heterocycles. The van der Waals surface area contributed by atoms with Gasteiger partial charge in [-0.3, -0.25) is 4.98 Å². The van der Waals surface area contributed by atoms with Crippen molar-refractivity contribution in [2.45, 2.75) is 126 Å². The third kappa shape index (κ3) is 6.41. The summed E-state index contributed by atoms with van der Waals surface area (Å²) in [4.78, 5) is 4.82. The molecule has 5 heterocycles. The number of benzene rings is 3. The number of hydrogen-bond acceptors (Lipinski definition) is 1. The van der Waals surface area contributed by atoms with Crippen LogP contribution in [0.1, 0.15) is 88.2 Å². The molecule has 0 saturated carbocycles. The fourth-order valence-corrected chi connectivity index (χ4v) is 10.9. The van der Waals surface area contributed by atoms with E-state index in [0.717, 1.165) is 42.4 Å². The standard InChI is InChI=1S/C43H51B2N/c1-3-21-41(32(11-1)24-26-44-37-13-7-14-38(44)16-8-15-37)34-29-35(31-36(30-34)43-23-5-6-28-46-43)42-22-4-2-12-33(42)25-27-45-39-17-9-18-40(45)20-10-19-39/h1-6,11-12,21-23,28-31,37-40H,7-10,13-20,24-27H2. The predicted octanol–water partition coefficient (Wildman–Crippen LogP) is 12.4. The summed E-state index contributed by atoms with van der Waals surface area (Å²) in [5, 5.41) is 0. The van der Waals surface area contributed by atoms with Gasteiger partial charge in [-0.05, 0) is 76.6 Å². The molecule has 0 N–H and O–H groups in total. The van der Waals surface area contributed by atoms with Crippen molar-refractivity contribution in [2.24, 2.45) is 0 Å². The highest BCUT2D eigenvalue weighted by Gasteiger charge is 2.39. The van der Waals surface area contributed by atoms with E-state index < -0.39 is 0 Å². The number of aromatic nitrogens is 1. The van der Waals surface area contributed by atoms with Crippen LogP contribution in [0.25, 0.3) is 33.5 Å². The van der Waals surface area contributed by atoms with Crippen molar-refractivity contribution in [2.75, 3.05) is 0 Å². The molecule has 3 heteroatoms. The first-order chi connectivity index (χ1) is 22.8. The second kappa shape index (κ2) is 14.0. The summed E-state index contributed by atoms with van der Waals surface area (Å²) in [6.45, 7) is 1.86. The molecule has 4 aromatic rings. The van der Waals surface area contributed by atoms with Crippen LogP contribution in [0.3, 0.4) is 0 Å². The number of nitrogens with zero attached hydrogens (tertiary/aromatic N) is 1. The Balaban J connectivity index is 1.12. The van der Waals surface area contributed by atoms with Crippen LogP contribution in [0.5, 0.6) is 0 Å². The maximum atomic E-state index is 4.82. The van der Waals surface area contributed by atoms with Crippen molar-refractivity contribution in [3.63, 3.8) is 0 Å². The lowest BCUT2D eigenvalue weighted by Crippen LogP contribution is -2.34. The Kier molecular flexibility index (Phi) is 9.20. The maximum absolute atomic E-state index is 4.82. The minimum absolute atomic E-state index is 0.932. The van der Waals surface area contributed by atoms with Crippen LogP contribution in [-0.4, -0.2) is 18.4 Å². The SMILES string of the molecule is c1ccc(-c2cc(-c3ccccc3CCB3C4CCCC3CCC4)cc(-c3ccccc3CCB3C4CCCC3CCC4)c2)nc1. The second-order valence-corrected chi connectivity index (χ2v) is 15.5. The first-order valence-corrected chi connectivity index (χ1v) is 19.0. The van der Waals surface area contributed by atoms with Crippen molar-refractivity contribution in [3.8, 4) is 33.5 Å². The van der Waals surface area contributed by atoms with E-state index >= 15 is 0 Å². The van der Waals surface area contributed by atoms with Crippen molar-refractivity contribution in [3.05, 3.63) is 102 Å². The zero-order valence-corrected chi connectivity index (χ0v) is 27.9. The number of pyridine rings is 1. The van der Waals surface area contributed by atoms with Gasteiger partial charge in [-0.2, -0.15) is 0 Å². The van der Waals surface area contributed by atoms with E-state index in [4.69, 9.17) is 4.98 Å².